The first kappa shape index (κ1) is 72.8. The van der Waals surface area contributed by atoms with Gasteiger partial charge >= 0.3 is 0 Å². The van der Waals surface area contributed by atoms with Gasteiger partial charge < -0.3 is 39.4 Å². The van der Waals surface area contributed by atoms with Crippen LogP contribution in [-0.2, 0) is 9.47 Å². The molecule has 8 rings (SSSR count). The van der Waals surface area contributed by atoms with Crippen LogP contribution in [0.3, 0.4) is 0 Å². The number of aliphatic hydroxyl groups is 2. The van der Waals surface area contributed by atoms with Gasteiger partial charge in [0.15, 0.2) is 34.9 Å². The minimum Gasteiger partial charge on any atom is -0.507 e. The number of phenolic OH excluding ortho intramolecular Hbond substituents is 2. The quantitative estimate of drug-likeness (QED) is 0.0269. The molecule has 0 radical (unpaired) electrons. The van der Waals surface area contributed by atoms with Gasteiger partial charge in [0.1, 0.15) is 48.4 Å². The summed E-state index contributed by atoms with van der Waals surface area (Å²) in [4.78, 5) is 29.0. The summed E-state index contributed by atoms with van der Waals surface area (Å²) >= 11 is 0. The molecule has 14 nitrogen and oxygen atoms in total. The summed E-state index contributed by atoms with van der Waals surface area (Å²) in [5.74, 6) is 3.77. The Kier molecular flexibility index (Phi) is 30.2. The lowest BCUT2D eigenvalue weighted by molar-refractivity contribution is 0.0109. The Labute approximate surface area is 554 Å². The van der Waals surface area contributed by atoms with E-state index in [1.807, 2.05) is 76.2 Å². The molecule has 2 atom stereocenters. The van der Waals surface area contributed by atoms with Gasteiger partial charge in [-0.15, -0.1) is 0 Å². The topological polar surface area (TPSA) is 195 Å². The van der Waals surface area contributed by atoms with Crippen molar-refractivity contribution in [3.8, 4) is 91.3 Å². The second-order valence-electron chi connectivity index (χ2n) is 25.3. The number of ether oxygens (including phenoxy) is 4. The van der Waals surface area contributed by atoms with Crippen molar-refractivity contribution >= 4 is 0 Å². The van der Waals surface area contributed by atoms with Gasteiger partial charge in [0.25, 0.3) is 0 Å². The normalized spacial score (nSPS) is 12.0. The lowest BCUT2D eigenvalue weighted by Gasteiger charge is -2.14. The molecule has 14 heteroatoms. The first-order chi connectivity index (χ1) is 45.0. The molecule has 0 fully saturated rings. The third-order valence-electron chi connectivity index (χ3n) is 16.7. The zero-order valence-electron chi connectivity index (χ0n) is 57.3. The molecule has 8 aromatic rings. The van der Waals surface area contributed by atoms with Crippen molar-refractivity contribution in [1.82, 2.24) is 29.9 Å². The predicted molar refractivity (Wildman–Crippen MR) is 377 cm³/mol. The summed E-state index contributed by atoms with van der Waals surface area (Å²) in [6.45, 7) is 22.8. The number of benzene rings is 6. The van der Waals surface area contributed by atoms with Crippen molar-refractivity contribution in [3.63, 3.8) is 0 Å². The van der Waals surface area contributed by atoms with Gasteiger partial charge in [-0.3, -0.25) is 0 Å². The van der Waals surface area contributed by atoms with Crippen molar-refractivity contribution in [2.24, 2.45) is 0 Å². The molecule has 93 heavy (non-hydrogen) atoms. The van der Waals surface area contributed by atoms with E-state index in [0.29, 0.717) is 70.8 Å². The predicted octanol–water partition coefficient (Wildman–Crippen LogP) is 18.6. The van der Waals surface area contributed by atoms with Crippen molar-refractivity contribution < 1.29 is 39.4 Å². The summed E-state index contributed by atoms with van der Waals surface area (Å²) in [6, 6.07) is 34.8. The van der Waals surface area contributed by atoms with E-state index in [1.165, 1.54) is 108 Å². The largest absolute Gasteiger partial charge is 0.507 e. The van der Waals surface area contributed by atoms with Gasteiger partial charge in [-0.2, -0.15) is 0 Å². The highest BCUT2D eigenvalue weighted by Crippen LogP contribution is 2.37. The van der Waals surface area contributed by atoms with Crippen LogP contribution in [0.25, 0.3) is 68.3 Å². The van der Waals surface area contributed by atoms with Crippen LogP contribution in [0.2, 0.25) is 0 Å². The second-order valence-corrected chi connectivity index (χ2v) is 25.3. The Morgan fingerprint density at radius 2 is 0.548 bits per heavy atom. The fourth-order valence-electron chi connectivity index (χ4n) is 11.4. The Bertz CT molecular complexity index is 3450. The van der Waals surface area contributed by atoms with Gasteiger partial charge in [0, 0.05) is 47.6 Å². The second kappa shape index (κ2) is 38.5. The number of hydrogen-bond donors (Lipinski definition) is 4. The maximum Gasteiger partial charge on any atom is 0.167 e. The fourth-order valence-corrected chi connectivity index (χ4v) is 11.4. The highest BCUT2D eigenvalue weighted by Gasteiger charge is 2.21. The van der Waals surface area contributed by atoms with Crippen LogP contribution in [0, 0.1) is 55.4 Å². The number of aromatic hydroxyl groups is 2. The molecule has 6 aromatic carbocycles. The van der Waals surface area contributed by atoms with Gasteiger partial charge in [0.05, 0.1) is 24.3 Å². The molecule has 0 bridgehead atoms. The molecule has 4 N–H and O–H groups in total. The number of aliphatic hydroxyl groups excluding tert-OH is 2. The number of aromatic nitrogens is 6. The Balaban J connectivity index is 0.000000264. The SMILES string of the molecule is CCCCCCCCCCCCCOCC(O)COc1ccc(-c2nc(-c3ccc(C)cc3C)nc(-c3ccc(C)cc3C)n2)c(O)c1.CCCCCCCCCCOCC(O)COc1ccc(-c2nc(-c3ccc(C)cc3C)nc(-c3ccc(C)cc3C)n2)c(O)c1. The average Bonchev–Trinajstić information content (AvgIpc) is 0.799. The molecule has 2 heterocycles. The van der Waals surface area contributed by atoms with Crippen LogP contribution in [0.4, 0.5) is 0 Å². The van der Waals surface area contributed by atoms with Gasteiger partial charge in [-0.25, -0.2) is 29.9 Å². The molecule has 498 valence electrons. The summed E-state index contributed by atoms with van der Waals surface area (Å²) in [7, 11) is 0. The number of phenols is 2. The Morgan fingerprint density at radius 3 is 0.806 bits per heavy atom. The van der Waals surface area contributed by atoms with Crippen molar-refractivity contribution in [3.05, 3.63) is 154 Å². The number of nitrogens with zero attached hydrogens (tertiary/aromatic N) is 6. The van der Waals surface area contributed by atoms with Crippen molar-refractivity contribution in [2.45, 2.75) is 203 Å². The van der Waals surface area contributed by atoms with Crippen LogP contribution in [0.5, 0.6) is 23.0 Å². The van der Waals surface area contributed by atoms with Crippen molar-refractivity contribution in [2.75, 3.05) is 39.6 Å². The number of aryl methyl sites for hydroxylation is 8. The molecule has 2 aromatic heterocycles. The standard InChI is InChI=1S/C41H55N3O4.C38H49N3O4/c1-6-7-8-9-10-11-12-13-14-15-16-23-47-27-33(45)28-48-34-19-22-37(38(46)26-34)41-43-39(35-20-17-29(2)24-31(35)4)42-40(44-41)36-21-18-30(3)25-32(36)5;1-6-7-8-9-10-11-12-13-20-44-24-30(42)25-45-31-16-19-34(35(43)23-31)38-40-36(32-17-14-26(2)21-28(32)4)39-37(41-38)33-18-15-27(3)22-29(33)5/h17-22,24-26,33,45-46H,6-16,23,27-28H2,1-5H3;14-19,21-23,30,42-43H,6-13,20,24-25H2,1-5H3. The fraction of sp³-hybridized carbons (Fsp3) is 0.468. The molecule has 0 aliphatic heterocycles. The lowest BCUT2D eigenvalue weighted by Crippen LogP contribution is -2.23. The first-order valence-electron chi connectivity index (χ1n) is 34.3. The molecular weight excluding hydrogens is 1160 g/mol. The third kappa shape index (κ3) is 23.7. The third-order valence-corrected chi connectivity index (χ3v) is 16.7. The monoisotopic (exact) mass is 1260 g/mol. The van der Waals surface area contributed by atoms with E-state index < -0.39 is 12.2 Å². The minimum atomic E-state index is -0.760. The van der Waals surface area contributed by atoms with E-state index in [4.69, 9.17) is 48.9 Å². The number of hydrogen-bond acceptors (Lipinski definition) is 14. The summed E-state index contributed by atoms with van der Waals surface area (Å²) in [6.07, 6.45) is 22.6. The minimum absolute atomic E-state index is 0.0147. The summed E-state index contributed by atoms with van der Waals surface area (Å²) < 4.78 is 22.9. The number of unbranched alkanes of at least 4 members (excludes halogenated alkanes) is 17. The van der Waals surface area contributed by atoms with Gasteiger partial charge in [-0.05, 0) is 115 Å². The summed E-state index contributed by atoms with van der Waals surface area (Å²) in [5, 5.41) is 42.9. The molecule has 0 saturated heterocycles. The van der Waals surface area contributed by atoms with Crippen LogP contribution in [-0.4, -0.2) is 102 Å². The van der Waals surface area contributed by atoms with E-state index >= 15 is 0 Å². The average molecular weight is 1270 g/mol. The van der Waals surface area contributed by atoms with Crippen LogP contribution < -0.4 is 9.47 Å². The zero-order chi connectivity index (χ0) is 66.5. The molecule has 0 aliphatic rings. The molecule has 0 spiro atoms. The highest BCUT2D eigenvalue weighted by molar-refractivity contribution is 5.74. The Hall–Kier alpha value is -7.62. The number of rotatable bonds is 37. The van der Waals surface area contributed by atoms with Crippen LogP contribution >= 0.6 is 0 Å². The zero-order valence-corrected chi connectivity index (χ0v) is 57.3. The van der Waals surface area contributed by atoms with Crippen LogP contribution in [0.1, 0.15) is 180 Å². The molecular formula is C79H104N6O8. The summed E-state index contributed by atoms with van der Waals surface area (Å²) in [5.41, 5.74) is 13.5. The maximum absolute atomic E-state index is 11.1. The molecule has 2 unspecified atom stereocenters. The van der Waals surface area contributed by atoms with Crippen molar-refractivity contribution in [1.29, 1.82) is 0 Å². The lowest BCUT2D eigenvalue weighted by atomic mass is 10.0. The first-order valence-corrected chi connectivity index (χ1v) is 34.3. The van der Waals surface area contributed by atoms with E-state index in [0.717, 1.165) is 92.4 Å². The molecule has 0 aliphatic carbocycles. The Morgan fingerprint density at radius 1 is 0.301 bits per heavy atom. The van der Waals surface area contributed by atoms with E-state index in [-0.39, 0.29) is 37.9 Å². The van der Waals surface area contributed by atoms with E-state index in [9.17, 15) is 20.4 Å². The smallest absolute Gasteiger partial charge is 0.167 e. The van der Waals surface area contributed by atoms with E-state index in [1.54, 1.807) is 24.3 Å². The molecule has 0 saturated carbocycles. The molecule has 0 amide bonds. The van der Waals surface area contributed by atoms with Crippen LogP contribution in [0.15, 0.2) is 109 Å². The highest BCUT2D eigenvalue weighted by atomic mass is 16.5. The van der Waals surface area contributed by atoms with E-state index in [2.05, 4.69) is 65.8 Å². The van der Waals surface area contributed by atoms with Gasteiger partial charge in [0.2, 0.25) is 0 Å². The van der Waals surface area contributed by atoms with Gasteiger partial charge in [-0.1, -0.05) is 218 Å². The maximum atomic E-state index is 11.1.